The van der Waals surface area contributed by atoms with Gasteiger partial charge in [0.05, 0.1) is 11.6 Å². The summed E-state index contributed by atoms with van der Waals surface area (Å²) in [7, 11) is 0. The smallest absolute Gasteiger partial charge is 0.120 e. The maximum atomic E-state index is 5.90. The normalized spacial score (nSPS) is 10.6. The van der Waals surface area contributed by atoms with Crippen LogP contribution in [0.5, 0.6) is 5.75 Å². The standard InChI is InChI=1S/C14H17ClN2OS/c1-2-16-9-13-10-17-14(19-13)6-7-18-12-5-3-4-11(15)8-12/h3-5,8,10,16H,2,6-7,9H2,1H3. The highest BCUT2D eigenvalue weighted by atomic mass is 35.5. The first-order valence-electron chi connectivity index (χ1n) is 6.30. The van der Waals surface area contributed by atoms with E-state index in [1.807, 2.05) is 30.5 Å². The Morgan fingerprint density at radius 1 is 1.42 bits per heavy atom. The Balaban J connectivity index is 1.77. The van der Waals surface area contributed by atoms with Gasteiger partial charge in [-0.05, 0) is 24.7 Å². The van der Waals surface area contributed by atoms with Crippen molar-refractivity contribution in [1.29, 1.82) is 0 Å². The van der Waals surface area contributed by atoms with E-state index in [9.17, 15) is 0 Å². The van der Waals surface area contributed by atoms with E-state index in [0.717, 1.165) is 30.3 Å². The molecule has 0 saturated heterocycles. The number of halogens is 1. The van der Waals surface area contributed by atoms with E-state index in [0.29, 0.717) is 11.6 Å². The summed E-state index contributed by atoms with van der Waals surface area (Å²) < 4.78 is 5.65. The van der Waals surface area contributed by atoms with Gasteiger partial charge in [-0.2, -0.15) is 0 Å². The van der Waals surface area contributed by atoms with Gasteiger partial charge in [0.25, 0.3) is 0 Å². The van der Waals surface area contributed by atoms with Crippen molar-refractivity contribution >= 4 is 22.9 Å². The molecule has 0 amide bonds. The molecule has 0 aliphatic carbocycles. The summed E-state index contributed by atoms with van der Waals surface area (Å²) in [5.74, 6) is 0.803. The van der Waals surface area contributed by atoms with E-state index in [2.05, 4.69) is 17.2 Å². The molecule has 2 rings (SSSR count). The first kappa shape index (κ1) is 14.3. The molecular weight excluding hydrogens is 280 g/mol. The molecule has 1 aromatic heterocycles. The van der Waals surface area contributed by atoms with E-state index in [1.165, 1.54) is 4.88 Å². The first-order valence-corrected chi connectivity index (χ1v) is 7.50. The van der Waals surface area contributed by atoms with Gasteiger partial charge in [-0.1, -0.05) is 24.6 Å². The van der Waals surface area contributed by atoms with Crippen LogP contribution in [0, 0.1) is 0 Å². The van der Waals surface area contributed by atoms with Crippen LogP contribution in [-0.4, -0.2) is 18.1 Å². The number of benzene rings is 1. The second-order valence-corrected chi connectivity index (χ2v) is 5.69. The molecule has 1 heterocycles. The molecule has 5 heteroatoms. The molecule has 0 radical (unpaired) electrons. The number of rotatable bonds is 7. The monoisotopic (exact) mass is 296 g/mol. The van der Waals surface area contributed by atoms with Crippen LogP contribution in [0.15, 0.2) is 30.5 Å². The van der Waals surface area contributed by atoms with E-state index in [1.54, 1.807) is 11.3 Å². The van der Waals surface area contributed by atoms with Crippen molar-refractivity contribution in [1.82, 2.24) is 10.3 Å². The molecule has 0 spiro atoms. The lowest BCUT2D eigenvalue weighted by Gasteiger charge is -2.04. The summed E-state index contributed by atoms with van der Waals surface area (Å²) in [4.78, 5) is 5.65. The van der Waals surface area contributed by atoms with Crippen LogP contribution in [0.25, 0.3) is 0 Å². The number of ether oxygens (including phenoxy) is 1. The average Bonchev–Trinajstić information content (AvgIpc) is 2.84. The third kappa shape index (κ3) is 4.82. The topological polar surface area (TPSA) is 34.2 Å². The molecule has 1 N–H and O–H groups in total. The number of hydrogen-bond acceptors (Lipinski definition) is 4. The van der Waals surface area contributed by atoms with Gasteiger partial charge >= 0.3 is 0 Å². The summed E-state index contributed by atoms with van der Waals surface area (Å²) in [5, 5.41) is 5.09. The highest BCUT2D eigenvalue weighted by Gasteiger charge is 2.02. The van der Waals surface area contributed by atoms with Crippen LogP contribution in [0.2, 0.25) is 5.02 Å². The Bertz CT molecular complexity index is 516. The minimum Gasteiger partial charge on any atom is -0.493 e. The SMILES string of the molecule is CCNCc1cnc(CCOc2cccc(Cl)c2)s1. The average molecular weight is 297 g/mol. The van der Waals surface area contributed by atoms with Crippen molar-refractivity contribution in [2.75, 3.05) is 13.2 Å². The fourth-order valence-corrected chi connectivity index (χ4v) is 2.66. The number of nitrogens with zero attached hydrogens (tertiary/aromatic N) is 1. The van der Waals surface area contributed by atoms with Gasteiger partial charge in [-0.25, -0.2) is 4.98 Å². The van der Waals surface area contributed by atoms with Gasteiger partial charge in [-0.3, -0.25) is 0 Å². The van der Waals surface area contributed by atoms with E-state index < -0.39 is 0 Å². The summed E-state index contributed by atoms with van der Waals surface area (Å²) in [6, 6.07) is 7.45. The Hall–Kier alpha value is -1.10. The van der Waals surface area contributed by atoms with Crippen molar-refractivity contribution in [3.8, 4) is 5.75 Å². The summed E-state index contributed by atoms with van der Waals surface area (Å²) in [6.07, 6.45) is 2.76. The second-order valence-electron chi connectivity index (χ2n) is 4.06. The molecule has 1 aromatic carbocycles. The van der Waals surface area contributed by atoms with Gasteiger partial charge in [0.2, 0.25) is 0 Å². The summed E-state index contributed by atoms with van der Waals surface area (Å²) >= 11 is 7.63. The van der Waals surface area contributed by atoms with Gasteiger partial charge in [0.1, 0.15) is 5.75 Å². The molecule has 0 atom stereocenters. The van der Waals surface area contributed by atoms with Crippen LogP contribution in [0.3, 0.4) is 0 Å². The van der Waals surface area contributed by atoms with Crippen LogP contribution < -0.4 is 10.1 Å². The van der Waals surface area contributed by atoms with Crippen LogP contribution >= 0.6 is 22.9 Å². The van der Waals surface area contributed by atoms with Gasteiger partial charge in [0.15, 0.2) is 0 Å². The lowest BCUT2D eigenvalue weighted by atomic mass is 10.3. The van der Waals surface area contributed by atoms with Crippen molar-refractivity contribution in [2.24, 2.45) is 0 Å². The number of aromatic nitrogens is 1. The third-order valence-electron chi connectivity index (χ3n) is 2.53. The highest BCUT2D eigenvalue weighted by molar-refractivity contribution is 7.11. The number of hydrogen-bond donors (Lipinski definition) is 1. The van der Waals surface area contributed by atoms with Gasteiger partial charge in [-0.15, -0.1) is 11.3 Å². The van der Waals surface area contributed by atoms with E-state index in [-0.39, 0.29) is 0 Å². The molecule has 0 unspecified atom stereocenters. The second kappa shape index (κ2) is 7.48. The molecule has 19 heavy (non-hydrogen) atoms. The fraction of sp³-hybridized carbons (Fsp3) is 0.357. The Morgan fingerprint density at radius 2 is 2.32 bits per heavy atom. The Morgan fingerprint density at radius 3 is 3.11 bits per heavy atom. The predicted molar refractivity (Wildman–Crippen MR) is 80.1 cm³/mol. The number of nitrogens with one attached hydrogen (secondary N) is 1. The lowest BCUT2D eigenvalue weighted by molar-refractivity contribution is 0.322. The zero-order chi connectivity index (χ0) is 13.5. The molecule has 0 aliphatic rings. The van der Waals surface area contributed by atoms with Gasteiger partial charge in [0, 0.05) is 29.1 Å². The molecule has 2 aromatic rings. The molecule has 0 fully saturated rings. The lowest BCUT2D eigenvalue weighted by Crippen LogP contribution is -2.10. The predicted octanol–water partition coefficient (Wildman–Crippen LogP) is 3.53. The summed E-state index contributed by atoms with van der Waals surface area (Å²) in [6.45, 7) is 4.59. The maximum Gasteiger partial charge on any atom is 0.120 e. The number of thiazole rings is 1. The van der Waals surface area contributed by atoms with Crippen molar-refractivity contribution in [2.45, 2.75) is 19.9 Å². The minimum absolute atomic E-state index is 0.620. The Labute approximate surface area is 122 Å². The largest absolute Gasteiger partial charge is 0.493 e. The van der Waals surface area contributed by atoms with Crippen molar-refractivity contribution in [3.05, 3.63) is 45.4 Å². The molecule has 0 bridgehead atoms. The third-order valence-corrected chi connectivity index (χ3v) is 3.82. The molecule has 0 aliphatic heterocycles. The quantitative estimate of drug-likeness (QED) is 0.849. The minimum atomic E-state index is 0.620. The first-order chi connectivity index (χ1) is 9.28. The van der Waals surface area contributed by atoms with E-state index >= 15 is 0 Å². The zero-order valence-corrected chi connectivity index (χ0v) is 12.4. The maximum absolute atomic E-state index is 5.90. The molecule has 3 nitrogen and oxygen atoms in total. The molecular formula is C14H17ClN2OS. The Kier molecular flexibility index (Phi) is 5.63. The highest BCUT2D eigenvalue weighted by Crippen LogP contribution is 2.18. The molecule has 102 valence electrons. The van der Waals surface area contributed by atoms with Crippen LogP contribution in [0.1, 0.15) is 16.8 Å². The van der Waals surface area contributed by atoms with Gasteiger partial charge < -0.3 is 10.1 Å². The summed E-state index contributed by atoms with van der Waals surface area (Å²) in [5.41, 5.74) is 0. The zero-order valence-electron chi connectivity index (χ0n) is 10.9. The van der Waals surface area contributed by atoms with Crippen LogP contribution in [-0.2, 0) is 13.0 Å². The fourth-order valence-electron chi connectivity index (χ4n) is 1.61. The van der Waals surface area contributed by atoms with Crippen molar-refractivity contribution in [3.63, 3.8) is 0 Å². The van der Waals surface area contributed by atoms with Crippen molar-refractivity contribution < 1.29 is 4.74 Å². The van der Waals surface area contributed by atoms with E-state index in [4.69, 9.17) is 16.3 Å². The molecule has 0 saturated carbocycles. The van der Waals surface area contributed by atoms with Crippen LogP contribution in [0.4, 0.5) is 0 Å².